The van der Waals surface area contributed by atoms with Crippen molar-refractivity contribution < 1.29 is 4.79 Å². The van der Waals surface area contributed by atoms with Crippen LogP contribution in [0.5, 0.6) is 0 Å². The Morgan fingerprint density at radius 2 is 1.59 bits per heavy atom. The number of allylic oxidation sites excluding steroid dienone is 2. The topological polar surface area (TPSA) is 20.3 Å². The Morgan fingerprint density at radius 3 is 2.18 bits per heavy atom. The van der Waals surface area contributed by atoms with Crippen LogP contribution >= 0.6 is 22.6 Å². The van der Waals surface area contributed by atoms with Crippen LogP contribution in [0.15, 0.2) is 76.0 Å². The van der Waals surface area contributed by atoms with Gasteiger partial charge in [0.2, 0.25) is 0 Å². The predicted octanol–water partition coefficient (Wildman–Crippen LogP) is 4.78. The van der Waals surface area contributed by atoms with Gasteiger partial charge in [0, 0.05) is 15.2 Å². The normalized spacial score (nSPS) is 16.7. The van der Waals surface area contributed by atoms with E-state index >= 15 is 0 Å². The van der Waals surface area contributed by atoms with Crippen LogP contribution in [0.2, 0.25) is 0 Å². The summed E-state index contributed by atoms with van der Waals surface area (Å²) >= 11 is 2.30. The summed E-state index contributed by atoms with van der Waals surface area (Å²) in [5.41, 5.74) is 4.24. The molecule has 0 saturated heterocycles. The molecule has 3 rings (SSSR count). The van der Waals surface area contributed by atoms with Gasteiger partial charge in [-0.15, -0.1) is 0 Å². The maximum atomic E-state index is 12.5. The average Bonchev–Trinajstić information content (AvgIpc) is 2.86. The molecule has 0 atom stereocenters. The van der Waals surface area contributed by atoms with Gasteiger partial charge in [0.05, 0.1) is 12.2 Å². The van der Waals surface area contributed by atoms with E-state index < -0.39 is 0 Å². The molecule has 0 unspecified atom stereocenters. The number of carbonyl (C=O) groups excluding carboxylic acids is 1. The summed E-state index contributed by atoms with van der Waals surface area (Å²) in [4.78, 5) is 14.3. The van der Waals surface area contributed by atoms with Crippen LogP contribution in [0, 0.1) is 0 Å². The minimum absolute atomic E-state index is 0.0497. The minimum atomic E-state index is 0.0497. The van der Waals surface area contributed by atoms with Gasteiger partial charge >= 0.3 is 0 Å². The largest absolute Gasteiger partial charge is 0.303 e. The van der Waals surface area contributed by atoms with Crippen molar-refractivity contribution in [3.05, 3.63) is 87.1 Å². The standard InChI is InChI=1S/C19H16INO/c1-14(20)19-17(16-10-6-3-7-11-16)12-18(22)21(19)13-15-8-4-2-5-9-15/h2-12H,13H2,1H3/b19-14+. The van der Waals surface area contributed by atoms with Crippen LogP contribution in [-0.4, -0.2) is 10.8 Å². The Hall–Kier alpha value is -1.88. The van der Waals surface area contributed by atoms with E-state index in [0.717, 1.165) is 26.0 Å². The van der Waals surface area contributed by atoms with Crippen molar-refractivity contribution in [3.63, 3.8) is 0 Å². The Labute approximate surface area is 144 Å². The highest BCUT2D eigenvalue weighted by Crippen LogP contribution is 2.36. The number of amides is 1. The first kappa shape index (κ1) is 15.0. The van der Waals surface area contributed by atoms with Gasteiger partial charge in [0.1, 0.15) is 0 Å². The molecule has 0 aliphatic carbocycles. The van der Waals surface area contributed by atoms with E-state index in [2.05, 4.69) is 22.6 Å². The molecule has 2 aromatic rings. The van der Waals surface area contributed by atoms with Crippen LogP contribution in [-0.2, 0) is 11.3 Å². The Kier molecular flexibility index (Phi) is 4.43. The monoisotopic (exact) mass is 401 g/mol. The van der Waals surface area contributed by atoms with E-state index in [0.29, 0.717) is 6.54 Å². The van der Waals surface area contributed by atoms with E-state index in [1.165, 1.54) is 0 Å². The van der Waals surface area contributed by atoms with E-state index in [4.69, 9.17) is 0 Å². The van der Waals surface area contributed by atoms with E-state index in [1.54, 1.807) is 6.08 Å². The third kappa shape index (κ3) is 2.99. The van der Waals surface area contributed by atoms with Crippen LogP contribution in [0.25, 0.3) is 5.57 Å². The van der Waals surface area contributed by atoms with Gasteiger partial charge in [-0.25, -0.2) is 0 Å². The highest BCUT2D eigenvalue weighted by molar-refractivity contribution is 14.1. The fourth-order valence-corrected chi connectivity index (χ4v) is 3.24. The number of halogens is 1. The lowest BCUT2D eigenvalue weighted by atomic mass is 10.0. The third-order valence-corrected chi connectivity index (χ3v) is 4.16. The Balaban J connectivity index is 1.97. The smallest absolute Gasteiger partial charge is 0.252 e. The molecule has 0 fully saturated rings. The lowest BCUT2D eigenvalue weighted by Gasteiger charge is -2.21. The second kappa shape index (κ2) is 6.48. The Morgan fingerprint density at radius 1 is 1.00 bits per heavy atom. The molecule has 3 heteroatoms. The maximum Gasteiger partial charge on any atom is 0.252 e. The van der Waals surface area contributed by atoms with Gasteiger partial charge in [0.25, 0.3) is 5.91 Å². The highest BCUT2D eigenvalue weighted by Gasteiger charge is 2.29. The SMILES string of the molecule is C/C(I)=C1/C(c2ccccc2)=CC(=O)N1Cc1ccccc1. The molecule has 0 saturated carbocycles. The van der Waals surface area contributed by atoms with Crippen LogP contribution in [0.4, 0.5) is 0 Å². The number of hydrogen-bond acceptors (Lipinski definition) is 1. The summed E-state index contributed by atoms with van der Waals surface area (Å²) in [6, 6.07) is 20.2. The predicted molar refractivity (Wildman–Crippen MR) is 98.1 cm³/mol. The zero-order valence-electron chi connectivity index (χ0n) is 12.3. The maximum absolute atomic E-state index is 12.5. The first-order valence-corrected chi connectivity index (χ1v) is 8.24. The van der Waals surface area contributed by atoms with Crippen molar-refractivity contribution in [1.82, 2.24) is 4.90 Å². The summed E-state index contributed by atoms with van der Waals surface area (Å²) in [5.74, 6) is 0.0497. The molecule has 22 heavy (non-hydrogen) atoms. The molecule has 1 aliphatic heterocycles. The third-order valence-electron chi connectivity index (χ3n) is 3.65. The molecule has 0 bridgehead atoms. The van der Waals surface area contributed by atoms with Crippen molar-refractivity contribution in [2.24, 2.45) is 0 Å². The second-order valence-electron chi connectivity index (χ2n) is 5.22. The molecule has 110 valence electrons. The molecule has 0 spiro atoms. The second-order valence-corrected chi connectivity index (χ2v) is 6.83. The number of nitrogens with zero attached hydrogens (tertiary/aromatic N) is 1. The van der Waals surface area contributed by atoms with Crippen LogP contribution in [0.3, 0.4) is 0 Å². The molecule has 1 amide bonds. The van der Waals surface area contributed by atoms with Crippen molar-refractivity contribution in [3.8, 4) is 0 Å². The molecule has 1 aliphatic rings. The zero-order valence-corrected chi connectivity index (χ0v) is 14.4. The zero-order chi connectivity index (χ0) is 15.5. The first-order chi connectivity index (χ1) is 10.7. The Bertz CT molecular complexity index is 744. The lowest BCUT2D eigenvalue weighted by molar-refractivity contribution is -0.123. The van der Waals surface area contributed by atoms with Gasteiger partial charge in [-0.1, -0.05) is 60.7 Å². The van der Waals surface area contributed by atoms with E-state index in [1.807, 2.05) is 72.5 Å². The number of hydrogen-bond donors (Lipinski definition) is 0. The highest BCUT2D eigenvalue weighted by atomic mass is 127. The molecule has 1 heterocycles. The van der Waals surface area contributed by atoms with Gasteiger partial charge in [-0.05, 0) is 40.6 Å². The summed E-state index contributed by atoms with van der Waals surface area (Å²) in [5, 5.41) is 0. The quantitative estimate of drug-likeness (QED) is 0.678. The van der Waals surface area contributed by atoms with Crippen molar-refractivity contribution in [2.75, 3.05) is 0 Å². The first-order valence-electron chi connectivity index (χ1n) is 7.16. The number of rotatable bonds is 3. The summed E-state index contributed by atoms with van der Waals surface area (Å²) in [6.07, 6.45) is 1.75. The molecule has 2 aromatic carbocycles. The van der Waals surface area contributed by atoms with Gasteiger partial charge < -0.3 is 4.90 Å². The van der Waals surface area contributed by atoms with Crippen LogP contribution < -0.4 is 0 Å². The van der Waals surface area contributed by atoms with Crippen molar-refractivity contribution in [2.45, 2.75) is 13.5 Å². The lowest BCUT2D eigenvalue weighted by Crippen LogP contribution is -2.24. The van der Waals surface area contributed by atoms with Gasteiger partial charge in [-0.3, -0.25) is 4.79 Å². The van der Waals surface area contributed by atoms with E-state index in [9.17, 15) is 4.79 Å². The van der Waals surface area contributed by atoms with Crippen LogP contribution in [0.1, 0.15) is 18.1 Å². The van der Waals surface area contributed by atoms with Crippen molar-refractivity contribution in [1.29, 1.82) is 0 Å². The summed E-state index contributed by atoms with van der Waals surface area (Å²) in [6.45, 7) is 2.64. The fraction of sp³-hybridized carbons (Fsp3) is 0.105. The molecule has 0 N–H and O–H groups in total. The van der Waals surface area contributed by atoms with E-state index in [-0.39, 0.29) is 5.91 Å². The molecule has 0 radical (unpaired) electrons. The molecular weight excluding hydrogens is 385 g/mol. The summed E-state index contributed by atoms with van der Waals surface area (Å²) < 4.78 is 1.12. The molecule has 2 nitrogen and oxygen atoms in total. The van der Waals surface area contributed by atoms with Crippen molar-refractivity contribution >= 4 is 34.1 Å². The molecular formula is C19H16INO. The van der Waals surface area contributed by atoms with Gasteiger partial charge in [-0.2, -0.15) is 0 Å². The minimum Gasteiger partial charge on any atom is -0.303 e. The number of carbonyl (C=O) groups is 1. The summed E-state index contributed by atoms with van der Waals surface area (Å²) in [7, 11) is 0. The number of benzene rings is 2. The van der Waals surface area contributed by atoms with Gasteiger partial charge in [0.15, 0.2) is 0 Å². The average molecular weight is 401 g/mol. The molecule has 0 aromatic heterocycles. The fourth-order valence-electron chi connectivity index (χ4n) is 2.66.